The number of anilines is 1. The highest BCUT2D eigenvalue weighted by Gasteiger charge is 2.10. The molecule has 1 aromatic rings. The van der Waals surface area contributed by atoms with Crippen LogP contribution >= 0.6 is 0 Å². The molecule has 3 heteroatoms. The van der Waals surface area contributed by atoms with E-state index >= 15 is 0 Å². The van der Waals surface area contributed by atoms with Crippen molar-refractivity contribution in [2.75, 3.05) is 37.7 Å². The summed E-state index contributed by atoms with van der Waals surface area (Å²) in [5.74, 6) is 1.47. The second kappa shape index (κ2) is 7.65. The molecule has 3 nitrogen and oxygen atoms in total. The lowest BCUT2D eigenvalue weighted by Gasteiger charge is -2.29. The molecule has 0 spiro atoms. The number of nitrogens with zero attached hydrogens (tertiary/aromatic N) is 1. The third-order valence-electron chi connectivity index (χ3n) is 4.25. The molecule has 1 saturated heterocycles. The zero-order chi connectivity index (χ0) is 14.4. The molecule has 0 aliphatic carbocycles. The quantitative estimate of drug-likeness (QED) is 0.864. The van der Waals surface area contributed by atoms with E-state index in [1.54, 1.807) is 0 Å². The van der Waals surface area contributed by atoms with Crippen LogP contribution in [0.3, 0.4) is 0 Å². The Hall–Kier alpha value is -1.06. The van der Waals surface area contributed by atoms with Crippen LogP contribution < -0.4 is 10.2 Å². The smallest absolute Gasteiger partial charge is 0.0642 e. The summed E-state index contributed by atoms with van der Waals surface area (Å²) in [5.41, 5.74) is 2.67. The van der Waals surface area contributed by atoms with Crippen LogP contribution in [0.2, 0.25) is 0 Å². The molecule has 1 aromatic carbocycles. The third kappa shape index (κ3) is 4.50. The summed E-state index contributed by atoms with van der Waals surface area (Å²) in [6.07, 6.45) is 0. The molecule has 0 amide bonds. The van der Waals surface area contributed by atoms with Crippen LogP contribution in [0.25, 0.3) is 0 Å². The number of benzene rings is 1. The number of morpholine rings is 1. The van der Waals surface area contributed by atoms with E-state index in [-0.39, 0.29) is 0 Å². The summed E-state index contributed by atoms with van der Waals surface area (Å²) in [6, 6.07) is 8.93. The fourth-order valence-electron chi connectivity index (χ4n) is 2.33. The highest BCUT2D eigenvalue weighted by molar-refractivity contribution is 5.47. The van der Waals surface area contributed by atoms with Gasteiger partial charge >= 0.3 is 0 Å². The standard InChI is InChI=1S/C17H28N2O/c1-14(2)15(3)12-18-13-16-4-6-17(7-5-16)19-8-10-20-11-9-19/h4-7,14-15,18H,8-13H2,1-3H3. The van der Waals surface area contributed by atoms with Crippen LogP contribution in [-0.4, -0.2) is 32.8 Å². The third-order valence-corrected chi connectivity index (χ3v) is 4.25. The van der Waals surface area contributed by atoms with Crippen molar-refractivity contribution in [1.29, 1.82) is 0 Å². The first kappa shape index (κ1) is 15.3. The number of rotatable bonds is 6. The Kier molecular flexibility index (Phi) is 5.86. The molecule has 0 aromatic heterocycles. The van der Waals surface area contributed by atoms with Crippen molar-refractivity contribution >= 4 is 5.69 Å². The summed E-state index contributed by atoms with van der Waals surface area (Å²) in [5, 5.41) is 3.55. The molecule has 1 unspecified atom stereocenters. The molecule has 0 bridgehead atoms. The Morgan fingerprint density at radius 2 is 1.75 bits per heavy atom. The second-order valence-electron chi connectivity index (χ2n) is 6.12. The Balaban J connectivity index is 1.79. The summed E-state index contributed by atoms with van der Waals surface area (Å²) < 4.78 is 5.39. The molecule has 1 aliphatic rings. The van der Waals surface area contributed by atoms with Crippen molar-refractivity contribution in [2.24, 2.45) is 11.8 Å². The van der Waals surface area contributed by atoms with Gasteiger partial charge in [0.2, 0.25) is 0 Å². The van der Waals surface area contributed by atoms with Gasteiger partial charge in [0.25, 0.3) is 0 Å². The van der Waals surface area contributed by atoms with Crippen molar-refractivity contribution in [3.8, 4) is 0 Å². The summed E-state index contributed by atoms with van der Waals surface area (Å²) >= 11 is 0. The Morgan fingerprint density at radius 1 is 1.10 bits per heavy atom. The first-order valence-electron chi connectivity index (χ1n) is 7.79. The van der Waals surface area contributed by atoms with E-state index in [1.807, 2.05) is 0 Å². The van der Waals surface area contributed by atoms with E-state index in [2.05, 4.69) is 55.3 Å². The SMILES string of the molecule is CC(C)C(C)CNCc1ccc(N2CCOCC2)cc1. The molecular formula is C17H28N2O. The van der Waals surface area contributed by atoms with Crippen LogP contribution in [0.4, 0.5) is 5.69 Å². The van der Waals surface area contributed by atoms with E-state index in [0.717, 1.165) is 51.2 Å². The van der Waals surface area contributed by atoms with Crippen LogP contribution in [0, 0.1) is 11.8 Å². The van der Waals surface area contributed by atoms with Gasteiger partial charge in [-0.2, -0.15) is 0 Å². The van der Waals surface area contributed by atoms with Gasteiger partial charge in [-0.1, -0.05) is 32.9 Å². The zero-order valence-electron chi connectivity index (χ0n) is 13.1. The van der Waals surface area contributed by atoms with Gasteiger partial charge in [-0.05, 0) is 36.1 Å². The van der Waals surface area contributed by atoms with Gasteiger partial charge in [-0.25, -0.2) is 0 Å². The van der Waals surface area contributed by atoms with Gasteiger partial charge in [0.05, 0.1) is 13.2 Å². The number of ether oxygens (including phenoxy) is 1. The van der Waals surface area contributed by atoms with Crippen LogP contribution in [-0.2, 0) is 11.3 Å². The minimum absolute atomic E-state index is 0.725. The molecule has 1 N–H and O–H groups in total. The number of hydrogen-bond acceptors (Lipinski definition) is 3. The fraction of sp³-hybridized carbons (Fsp3) is 0.647. The second-order valence-corrected chi connectivity index (χ2v) is 6.12. The van der Waals surface area contributed by atoms with E-state index in [9.17, 15) is 0 Å². The average molecular weight is 276 g/mol. The maximum absolute atomic E-state index is 5.39. The topological polar surface area (TPSA) is 24.5 Å². The van der Waals surface area contributed by atoms with Crippen LogP contribution in [0.5, 0.6) is 0 Å². The minimum atomic E-state index is 0.725. The highest BCUT2D eigenvalue weighted by atomic mass is 16.5. The molecule has 1 aliphatic heterocycles. The molecule has 1 fully saturated rings. The van der Waals surface area contributed by atoms with Crippen molar-refractivity contribution < 1.29 is 4.74 Å². The van der Waals surface area contributed by atoms with Crippen molar-refractivity contribution in [3.63, 3.8) is 0 Å². The summed E-state index contributed by atoms with van der Waals surface area (Å²) in [6.45, 7) is 12.6. The van der Waals surface area contributed by atoms with E-state index < -0.39 is 0 Å². The number of hydrogen-bond donors (Lipinski definition) is 1. The highest BCUT2D eigenvalue weighted by Crippen LogP contribution is 2.16. The largest absolute Gasteiger partial charge is 0.378 e. The fourth-order valence-corrected chi connectivity index (χ4v) is 2.33. The van der Waals surface area contributed by atoms with E-state index in [4.69, 9.17) is 4.74 Å². The van der Waals surface area contributed by atoms with Crippen LogP contribution in [0.1, 0.15) is 26.3 Å². The maximum atomic E-state index is 5.39. The lowest BCUT2D eigenvalue weighted by atomic mass is 9.98. The van der Waals surface area contributed by atoms with Crippen molar-refractivity contribution in [2.45, 2.75) is 27.3 Å². The molecular weight excluding hydrogens is 248 g/mol. The van der Waals surface area contributed by atoms with Crippen LogP contribution in [0.15, 0.2) is 24.3 Å². The predicted molar refractivity (Wildman–Crippen MR) is 85.2 cm³/mol. The molecule has 0 saturated carbocycles. The summed E-state index contributed by atoms with van der Waals surface area (Å²) in [4.78, 5) is 2.39. The normalized spacial score (nSPS) is 17.5. The molecule has 0 radical (unpaired) electrons. The van der Waals surface area contributed by atoms with Crippen molar-refractivity contribution in [3.05, 3.63) is 29.8 Å². The van der Waals surface area contributed by atoms with Gasteiger partial charge in [0.15, 0.2) is 0 Å². The Morgan fingerprint density at radius 3 is 2.35 bits per heavy atom. The average Bonchev–Trinajstić information content (AvgIpc) is 2.48. The number of nitrogens with one attached hydrogen (secondary N) is 1. The molecule has 112 valence electrons. The Labute approximate surface area is 123 Å². The van der Waals surface area contributed by atoms with E-state index in [0.29, 0.717) is 0 Å². The first-order valence-corrected chi connectivity index (χ1v) is 7.79. The lowest BCUT2D eigenvalue weighted by molar-refractivity contribution is 0.122. The molecule has 1 heterocycles. The van der Waals surface area contributed by atoms with Gasteiger partial charge in [0, 0.05) is 25.3 Å². The summed E-state index contributed by atoms with van der Waals surface area (Å²) in [7, 11) is 0. The van der Waals surface area contributed by atoms with Gasteiger partial charge in [-0.15, -0.1) is 0 Å². The predicted octanol–water partition coefficient (Wildman–Crippen LogP) is 2.90. The first-order chi connectivity index (χ1) is 9.66. The Bertz CT molecular complexity index is 382. The monoisotopic (exact) mass is 276 g/mol. The molecule has 1 atom stereocenters. The lowest BCUT2D eigenvalue weighted by Crippen LogP contribution is -2.36. The molecule has 20 heavy (non-hydrogen) atoms. The maximum Gasteiger partial charge on any atom is 0.0642 e. The minimum Gasteiger partial charge on any atom is -0.378 e. The van der Waals surface area contributed by atoms with E-state index in [1.165, 1.54) is 11.3 Å². The van der Waals surface area contributed by atoms with Gasteiger partial charge in [-0.3, -0.25) is 0 Å². The van der Waals surface area contributed by atoms with Gasteiger partial charge < -0.3 is 15.0 Å². The van der Waals surface area contributed by atoms with Gasteiger partial charge in [0.1, 0.15) is 0 Å². The molecule has 2 rings (SSSR count). The zero-order valence-corrected chi connectivity index (χ0v) is 13.1. The van der Waals surface area contributed by atoms with Crippen molar-refractivity contribution in [1.82, 2.24) is 5.32 Å².